The molecule has 1 saturated heterocycles. The van der Waals surface area contributed by atoms with Crippen molar-refractivity contribution in [2.75, 3.05) is 18.7 Å². The van der Waals surface area contributed by atoms with Crippen LogP contribution in [-0.4, -0.2) is 70.2 Å². The molecule has 3 heterocycles. The SMILES string of the molecule is CC(=O)OCOC(=O)Nc1ncnn2c([C@@]3(C#N)C[C@H](OC(=O)[C@@H](N)C(C)(C)C)[C@@H](COC(=O)Cc4ccccc4)O3)ccc12. The second kappa shape index (κ2) is 13.7. The van der Waals surface area contributed by atoms with Crippen molar-refractivity contribution in [1.82, 2.24) is 14.6 Å². The van der Waals surface area contributed by atoms with Crippen LogP contribution in [0.4, 0.5) is 10.6 Å². The van der Waals surface area contributed by atoms with Crippen LogP contribution in [0.15, 0.2) is 48.8 Å². The number of nitrogens with one attached hydrogen (secondary N) is 1. The molecule has 1 fully saturated rings. The van der Waals surface area contributed by atoms with Crippen LogP contribution in [0.25, 0.3) is 5.52 Å². The molecule has 45 heavy (non-hydrogen) atoms. The van der Waals surface area contributed by atoms with E-state index in [1.54, 1.807) is 57.2 Å². The zero-order valence-corrected chi connectivity index (χ0v) is 25.2. The number of ether oxygens (including phenoxy) is 5. The summed E-state index contributed by atoms with van der Waals surface area (Å²) in [5.74, 6) is -1.84. The Morgan fingerprint density at radius 1 is 1.16 bits per heavy atom. The van der Waals surface area contributed by atoms with Crippen molar-refractivity contribution in [1.29, 1.82) is 5.26 Å². The summed E-state index contributed by atoms with van der Waals surface area (Å²) in [7, 11) is 0. The topological polar surface area (TPSA) is 206 Å². The third-order valence-electron chi connectivity index (χ3n) is 7.03. The molecule has 1 aromatic carbocycles. The number of benzene rings is 1. The second-order valence-corrected chi connectivity index (χ2v) is 11.4. The summed E-state index contributed by atoms with van der Waals surface area (Å²) in [5, 5.41) is 17.1. The van der Waals surface area contributed by atoms with Crippen LogP contribution in [0.2, 0.25) is 0 Å². The summed E-state index contributed by atoms with van der Waals surface area (Å²) in [5.41, 5.74) is 5.06. The number of nitrogens with zero attached hydrogens (tertiary/aromatic N) is 4. The van der Waals surface area contributed by atoms with Gasteiger partial charge in [-0.3, -0.25) is 19.7 Å². The van der Waals surface area contributed by atoms with Crippen LogP contribution in [0.5, 0.6) is 0 Å². The first-order valence-electron chi connectivity index (χ1n) is 14.0. The molecule has 0 unspecified atom stereocenters. The fraction of sp³-hybridized carbons (Fsp3) is 0.433. The molecule has 3 aromatic rings. The lowest BCUT2D eigenvalue weighted by molar-refractivity contribution is -0.161. The minimum absolute atomic E-state index is 0.00958. The van der Waals surface area contributed by atoms with Crippen molar-refractivity contribution >= 4 is 35.3 Å². The van der Waals surface area contributed by atoms with Crippen LogP contribution in [0.1, 0.15) is 45.4 Å². The number of nitrogens with two attached hydrogens (primary N) is 1. The van der Waals surface area contributed by atoms with E-state index in [4.69, 9.17) is 24.7 Å². The van der Waals surface area contributed by atoms with Gasteiger partial charge in [0.25, 0.3) is 0 Å². The van der Waals surface area contributed by atoms with E-state index in [0.717, 1.165) is 18.8 Å². The number of carbonyl (C=O) groups excluding carboxylic acids is 4. The Bertz CT molecular complexity index is 1600. The van der Waals surface area contributed by atoms with Crippen molar-refractivity contribution in [3.8, 4) is 6.07 Å². The number of anilines is 1. The van der Waals surface area contributed by atoms with Crippen LogP contribution >= 0.6 is 0 Å². The number of hydrogen-bond donors (Lipinski definition) is 2. The summed E-state index contributed by atoms with van der Waals surface area (Å²) in [6.07, 6.45) is -1.99. The van der Waals surface area contributed by atoms with Gasteiger partial charge in [0.1, 0.15) is 42.8 Å². The predicted octanol–water partition coefficient (Wildman–Crippen LogP) is 2.38. The maximum atomic E-state index is 13.0. The smallest absolute Gasteiger partial charge is 0.415 e. The molecule has 2 aromatic heterocycles. The van der Waals surface area contributed by atoms with E-state index in [9.17, 15) is 24.4 Å². The fourth-order valence-electron chi connectivity index (χ4n) is 4.55. The van der Waals surface area contributed by atoms with E-state index in [2.05, 4.69) is 26.2 Å². The lowest BCUT2D eigenvalue weighted by Crippen LogP contribution is -2.46. The van der Waals surface area contributed by atoms with Crippen molar-refractivity contribution in [3.05, 3.63) is 60.0 Å². The average Bonchev–Trinajstić information content (AvgIpc) is 3.58. The molecule has 15 heteroatoms. The van der Waals surface area contributed by atoms with Crippen LogP contribution in [0.3, 0.4) is 0 Å². The fourth-order valence-corrected chi connectivity index (χ4v) is 4.55. The normalized spacial score (nSPS) is 20.1. The number of rotatable bonds is 10. The lowest BCUT2D eigenvalue weighted by atomic mass is 9.87. The largest absolute Gasteiger partial charge is 0.463 e. The number of nitriles is 1. The minimum atomic E-state index is -1.72. The van der Waals surface area contributed by atoms with Gasteiger partial charge in [0.15, 0.2) is 5.82 Å². The first-order chi connectivity index (χ1) is 21.3. The molecule has 0 saturated carbocycles. The molecule has 4 atom stereocenters. The monoisotopic (exact) mass is 622 g/mol. The van der Waals surface area contributed by atoms with Crippen molar-refractivity contribution in [2.24, 2.45) is 11.1 Å². The highest BCUT2D eigenvalue weighted by Crippen LogP contribution is 2.42. The van der Waals surface area contributed by atoms with Gasteiger partial charge in [-0.25, -0.2) is 14.3 Å². The van der Waals surface area contributed by atoms with Crippen LogP contribution in [-0.2, 0) is 50.1 Å². The molecular formula is C30H34N6O9. The highest BCUT2D eigenvalue weighted by Gasteiger charge is 2.53. The molecular weight excluding hydrogens is 588 g/mol. The molecule has 238 valence electrons. The number of esters is 3. The van der Waals surface area contributed by atoms with Crippen LogP contribution < -0.4 is 11.1 Å². The first kappa shape index (κ1) is 32.8. The number of fused-ring (bicyclic) bond motifs is 1. The van der Waals surface area contributed by atoms with E-state index < -0.39 is 60.1 Å². The number of amides is 1. The molecule has 3 N–H and O–H groups in total. The summed E-state index contributed by atoms with van der Waals surface area (Å²) in [6, 6.07) is 13.3. The Kier molecular flexibility index (Phi) is 10.00. The minimum Gasteiger partial charge on any atom is -0.463 e. The van der Waals surface area contributed by atoms with Gasteiger partial charge in [-0.1, -0.05) is 51.1 Å². The predicted molar refractivity (Wildman–Crippen MR) is 155 cm³/mol. The average molecular weight is 623 g/mol. The summed E-state index contributed by atoms with van der Waals surface area (Å²) in [6.45, 7) is 5.62. The third-order valence-corrected chi connectivity index (χ3v) is 7.03. The number of hydrogen-bond acceptors (Lipinski definition) is 13. The van der Waals surface area contributed by atoms with Gasteiger partial charge in [0, 0.05) is 13.3 Å². The number of carbonyl (C=O) groups is 4. The Balaban J connectivity index is 1.58. The molecule has 0 spiro atoms. The summed E-state index contributed by atoms with van der Waals surface area (Å²) < 4.78 is 28.2. The van der Waals surface area contributed by atoms with Gasteiger partial charge < -0.3 is 29.4 Å². The third kappa shape index (κ3) is 7.91. The Labute approximate surface area is 258 Å². The lowest BCUT2D eigenvalue weighted by Gasteiger charge is -2.27. The molecule has 1 amide bonds. The van der Waals surface area contributed by atoms with E-state index in [0.29, 0.717) is 0 Å². The molecule has 15 nitrogen and oxygen atoms in total. The highest BCUT2D eigenvalue weighted by molar-refractivity contribution is 5.88. The van der Waals surface area contributed by atoms with Crippen molar-refractivity contribution in [2.45, 2.75) is 64.4 Å². The van der Waals surface area contributed by atoms with Crippen molar-refractivity contribution < 1.29 is 42.9 Å². The van der Waals surface area contributed by atoms with Gasteiger partial charge in [-0.15, -0.1) is 0 Å². The van der Waals surface area contributed by atoms with E-state index >= 15 is 0 Å². The maximum Gasteiger partial charge on any atom is 0.415 e. The quantitative estimate of drug-likeness (QED) is 0.189. The standard InChI is InChI=1S/C30H34N6O9/c1-18(37)42-17-43-28(40)35-26-20-10-11-23(36(20)34-16-33-26)30(15-31)13-21(44-27(39)25(32)29(2,3)4)22(45-30)14-41-24(38)12-19-8-6-5-7-9-19/h5-11,16,21-22,25H,12-14,17,32H2,1-4H3,(H,33,34,35,40)/t21-,22+,25+,30-/m0/s1. The van der Waals surface area contributed by atoms with E-state index in [-0.39, 0.29) is 36.5 Å². The van der Waals surface area contributed by atoms with E-state index in [1.165, 1.54) is 4.52 Å². The van der Waals surface area contributed by atoms with Gasteiger partial charge >= 0.3 is 24.0 Å². The number of aromatic nitrogens is 3. The zero-order valence-electron chi connectivity index (χ0n) is 25.2. The van der Waals surface area contributed by atoms with Gasteiger partial charge in [0.05, 0.1) is 12.1 Å². The molecule has 4 rings (SSSR count). The van der Waals surface area contributed by atoms with Crippen LogP contribution in [0, 0.1) is 16.7 Å². The van der Waals surface area contributed by atoms with E-state index in [1.807, 2.05) is 6.07 Å². The second-order valence-electron chi connectivity index (χ2n) is 11.4. The summed E-state index contributed by atoms with van der Waals surface area (Å²) in [4.78, 5) is 52.8. The van der Waals surface area contributed by atoms with Crippen molar-refractivity contribution in [3.63, 3.8) is 0 Å². The Hall–Kier alpha value is -5.07. The van der Waals surface area contributed by atoms with Gasteiger partial charge in [-0.05, 0) is 23.1 Å². The molecule has 0 radical (unpaired) electrons. The maximum absolute atomic E-state index is 13.0. The van der Waals surface area contributed by atoms with Gasteiger partial charge in [0.2, 0.25) is 12.4 Å². The zero-order chi connectivity index (χ0) is 32.8. The molecule has 0 aliphatic carbocycles. The highest BCUT2D eigenvalue weighted by atomic mass is 16.7. The van der Waals surface area contributed by atoms with Gasteiger partial charge in [-0.2, -0.15) is 10.4 Å². The Morgan fingerprint density at radius 2 is 1.89 bits per heavy atom. The molecule has 1 aliphatic rings. The summed E-state index contributed by atoms with van der Waals surface area (Å²) >= 11 is 0. The molecule has 1 aliphatic heterocycles. The Morgan fingerprint density at radius 3 is 2.56 bits per heavy atom. The molecule has 0 bridgehead atoms. The first-order valence-corrected chi connectivity index (χ1v) is 14.0.